The Morgan fingerprint density at radius 3 is 2.33 bits per heavy atom. The molecule has 136 valence electrons. The Morgan fingerprint density at radius 2 is 1.79 bits per heavy atom. The lowest BCUT2D eigenvalue weighted by Gasteiger charge is -2.16. The van der Waals surface area contributed by atoms with E-state index in [1.165, 1.54) is 31.2 Å². The Bertz CT molecular complexity index is 634. The van der Waals surface area contributed by atoms with Crippen molar-refractivity contribution in [1.82, 2.24) is 5.32 Å². The van der Waals surface area contributed by atoms with Crippen LogP contribution in [0.2, 0.25) is 0 Å². The summed E-state index contributed by atoms with van der Waals surface area (Å²) in [6.07, 6.45) is 0. The van der Waals surface area contributed by atoms with Gasteiger partial charge < -0.3 is 19.5 Å². The second-order valence-electron chi connectivity index (χ2n) is 4.47. The van der Waals surface area contributed by atoms with E-state index in [0.29, 0.717) is 5.56 Å². The highest BCUT2D eigenvalue weighted by atomic mass is 31.3. The number of esters is 1. The van der Waals surface area contributed by atoms with Gasteiger partial charge >= 0.3 is 21.6 Å². The average Bonchev–Trinajstić information content (AvgIpc) is 2.45. The van der Waals surface area contributed by atoms with Crippen LogP contribution in [0.5, 0.6) is 5.75 Å². The van der Waals surface area contributed by atoms with E-state index in [2.05, 4.69) is 18.7 Å². The molecule has 0 aliphatic rings. The molecule has 24 heavy (non-hydrogen) atoms. The van der Waals surface area contributed by atoms with E-state index in [9.17, 15) is 23.7 Å². The van der Waals surface area contributed by atoms with Crippen LogP contribution in [0.1, 0.15) is 12.5 Å². The first kappa shape index (κ1) is 20.8. The zero-order valence-electron chi connectivity index (χ0n) is 13.1. The van der Waals surface area contributed by atoms with Crippen molar-refractivity contribution < 1.29 is 41.8 Å². The SMILES string of the molecule is CNCCOP(=O)(O)OP(=O)(O)Oc1ccc(COC(C)=O)cc1. The lowest BCUT2D eigenvalue weighted by atomic mass is 10.2. The third kappa shape index (κ3) is 8.56. The minimum atomic E-state index is -4.87. The van der Waals surface area contributed by atoms with Crippen molar-refractivity contribution in [3.8, 4) is 5.75 Å². The summed E-state index contributed by atoms with van der Waals surface area (Å²) in [7, 11) is -8.03. The van der Waals surface area contributed by atoms with Crippen molar-refractivity contribution in [2.45, 2.75) is 13.5 Å². The molecule has 0 aromatic heterocycles. The number of hydrogen-bond acceptors (Lipinski definition) is 8. The Morgan fingerprint density at radius 1 is 1.17 bits per heavy atom. The fourth-order valence-corrected chi connectivity index (χ4v) is 3.47. The molecule has 0 amide bonds. The van der Waals surface area contributed by atoms with E-state index in [4.69, 9.17) is 4.74 Å². The van der Waals surface area contributed by atoms with Crippen molar-refractivity contribution in [1.29, 1.82) is 0 Å². The lowest BCUT2D eigenvalue weighted by molar-refractivity contribution is -0.142. The topological polar surface area (TPSA) is 141 Å². The minimum absolute atomic E-state index is 0.0358. The van der Waals surface area contributed by atoms with Gasteiger partial charge in [0.2, 0.25) is 0 Å². The minimum Gasteiger partial charge on any atom is -0.461 e. The number of phosphoric ester groups is 2. The fraction of sp³-hybridized carbons (Fsp3) is 0.417. The monoisotopic (exact) mass is 383 g/mol. The smallest absolute Gasteiger partial charge is 0.461 e. The standard InChI is InChI=1S/C12H19NO9P2/c1-10(14)19-9-11-3-5-12(6-4-11)21-24(17,18)22-23(15,16)20-8-7-13-2/h3-6,13H,7-9H2,1-2H3,(H,15,16)(H,17,18). The zero-order chi connectivity index (χ0) is 18.2. The summed E-state index contributed by atoms with van der Waals surface area (Å²) in [5.74, 6) is -0.525. The van der Waals surface area contributed by atoms with Gasteiger partial charge in [-0.3, -0.25) is 14.2 Å². The predicted molar refractivity (Wildman–Crippen MR) is 83.2 cm³/mol. The predicted octanol–water partition coefficient (Wildman–Crippen LogP) is 1.58. The zero-order valence-corrected chi connectivity index (χ0v) is 14.9. The van der Waals surface area contributed by atoms with E-state index in [1.807, 2.05) is 0 Å². The summed E-state index contributed by atoms with van der Waals surface area (Å²) >= 11 is 0. The molecule has 3 N–H and O–H groups in total. The highest BCUT2D eigenvalue weighted by Crippen LogP contribution is 2.60. The largest absolute Gasteiger partial charge is 0.536 e. The maximum Gasteiger partial charge on any atom is 0.536 e. The van der Waals surface area contributed by atoms with Gasteiger partial charge in [0.15, 0.2) is 0 Å². The van der Waals surface area contributed by atoms with Crippen molar-refractivity contribution in [3.05, 3.63) is 29.8 Å². The Labute approximate surface area is 138 Å². The lowest BCUT2D eigenvalue weighted by Crippen LogP contribution is -2.13. The maximum atomic E-state index is 11.7. The molecule has 0 heterocycles. The van der Waals surface area contributed by atoms with E-state index < -0.39 is 21.6 Å². The van der Waals surface area contributed by atoms with Crippen molar-refractivity contribution >= 4 is 21.6 Å². The molecule has 10 nitrogen and oxygen atoms in total. The second-order valence-corrected chi connectivity index (χ2v) is 7.44. The number of nitrogens with one attached hydrogen (secondary N) is 1. The third-order valence-electron chi connectivity index (χ3n) is 2.40. The molecule has 0 aliphatic heterocycles. The van der Waals surface area contributed by atoms with Crippen molar-refractivity contribution in [2.24, 2.45) is 0 Å². The first-order valence-electron chi connectivity index (χ1n) is 6.71. The summed E-state index contributed by atoms with van der Waals surface area (Å²) in [5, 5.41) is 2.66. The van der Waals surface area contributed by atoms with Crippen molar-refractivity contribution in [2.75, 3.05) is 20.2 Å². The van der Waals surface area contributed by atoms with Gasteiger partial charge in [-0.1, -0.05) is 12.1 Å². The van der Waals surface area contributed by atoms with Gasteiger partial charge in [-0.15, -0.1) is 0 Å². The molecular weight excluding hydrogens is 364 g/mol. The summed E-state index contributed by atoms with van der Waals surface area (Å²) in [5.41, 5.74) is 0.620. The van der Waals surface area contributed by atoms with Gasteiger partial charge in [0.05, 0.1) is 6.61 Å². The van der Waals surface area contributed by atoms with Crippen LogP contribution in [0.3, 0.4) is 0 Å². The van der Waals surface area contributed by atoms with Crippen LogP contribution in [-0.4, -0.2) is 36.0 Å². The summed E-state index contributed by atoms with van der Waals surface area (Å²) in [6, 6.07) is 5.60. The van der Waals surface area contributed by atoms with Gasteiger partial charge in [0, 0.05) is 13.5 Å². The molecule has 1 aromatic rings. The molecule has 1 aromatic carbocycles. The van der Waals surface area contributed by atoms with Crippen LogP contribution in [0.4, 0.5) is 0 Å². The third-order valence-corrected chi connectivity index (χ3v) is 5.00. The molecule has 0 aliphatic carbocycles. The average molecular weight is 383 g/mol. The second kappa shape index (κ2) is 9.29. The molecule has 0 saturated carbocycles. The number of rotatable bonds is 10. The van der Waals surface area contributed by atoms with Gasteiger partial charge in [0.1, 0.15) is 12.4 Å². The summed E-state index contributed by atoms with van der Waals surface area (Å²) < 4.78 is 41.4. The van der Waals surface area contributed by atoms with E-state index in [-0.39, 0.29) is 25.5 Å². The number of likely N-dealkylation sites (N-methyl/N-ethyl adjacent to an activating group) is 1. The molecule has 2 unspecified atom stereocenters. The number of carbonyl (C=O) groups excluding carboxylic acids is 1. The molecule has 0 radical (unpaired) electrons. The molecule has 1 rings (SSSR count). The number of hydrogen-bond donors (Lipinski definition) is 3. The Balaban J connectivity index is 2.61. The van der Waals surface area contributed by atoms with Gasteiger partial charge in [-0.05, 0) is 24.7 Å². The van der Waals surface area contributed by atoms with Crippen LogP contribution in [0, 0.1) is 0 Å². The highest BCUT2D eigenvalue weighted by molar-refractivity contribution is 7.61. The fourth-order valence-electron chi connectivity index (χ4n) is 1.40. The quantitative estimate of drug-likeness (QED) is 0.310. The van der Waals surface area contributed by atoms with Crippen LogP contribution >= 0.6 is 15.6 Å². The van der Waals surface area contributed by atoms with Crippen LogP contribution < -0.4 is 9.84 Å². The Kier molecular flexibility index (Phi) is 8.05. The van der Waals surface area contributed by atoms with Gasteiger partial charge in [-0.2, -0.15) is 4.31 Å². The van der Waals surface area contributed by atoms with E-state index in [0.717, 1.165) is 0 Å². The molecular formula is C12H19NO9P2. The number of phosphoric acid groups is 2. The van der Waals surface area contributed by atoms with Gasteiger partial charge in [0.25, 0.3) is 0 Å². The van der Waals surface area contributed by atoms with E-state index >= 15 is 0 Å². The molecule has 2 atom stereocenters. The molecule has 0 bridgehead atoms. The Hall–Kier alpha value is -1.25. The van der Waals surface area contributed by atoms with E-state index in [1.54, 1.807) is 7.05 Å². The molecule has 0 saturated heterocycles. The normalized spacial score (nSPS) is 16.0. The number of ether oxygens (including phenoxy) is 1. The van der Waals surface area contributed by atoms with Gasteiger partial charge in [-0.25, -0.2) is 9.13 Å². The maximum absolute atomic E-state index is 11.7. The first-order chi connectivity index (χ1) is 11.1. The van der Waals surface area contributed by atoms with Crippen molar-refractivity contribution in [3.63, 3.8) is 0 Å². The summed E-state index contributed by atoms with van der Waals surface area (Å²) in [6.45, 7) is 1.35. The number of carbonyl (C=O) groups is 1. The highest BCUT2D eigenvalue weighted by Gasteiger charge is 2.36. The summed E-state index contributed by atoms with van der Waals surface area (Å²) in [4.78, 5) is 29.6. The van der Waals surface area contributed by atoms with Crippen LogP contribution in [0.15, 0.2) is 24.3 Å². The molecule has 0 fully saturated rings. The molecule has 0 spiro atoms. The van der Waals surface area contributed by atoms with Crippen LogP contribution in [0.25, 0.3) is 0 Å². The first-order valence-corrected chi connectivity index (χ1v) is 9.70. The van der Waals surface area contributed by atoms with Crippen LogP contribution in [-0.2, 0) is 34.1 Å². The molecule has 12 heteroatoms. The number of benzene rings is 1.